The van der Waals surface area contributed by atoms with Crippen molar-refractivity contribution in [3.63, 3.8) is 0 Å². The largest absolute Gasteiger partial charge is 0.454 e. The lowest BCUT2D eigenvalue weighted by Crippen LogP contribution is -2.32. The highest BCUT2D eigenvalue weighted by Gasteiger charge is 2.16. The zero-order valence-electron chi connectivity index (χ0n) is 16.3. The maximum atomic E-state index is 12.8. The third kappa shape index (κ3) is 5.13. The fourth-order valence-electron chi connectivity index (χ4n) is 2.79. The first kappa shape index (κ1) is 19.8. The summed E-state index contributed by atoms with van der Waals surface area (Å²) in [7, 11) is 0. The lowest BCUT2D eigenvalue weighted by molar-refractivity contribution is -0.117. The van der Waals surface area contributed by atoms with Gasteiger partial charge < -0.3 is 14.8 Å². The predicted octanol–water partition coefficient (Wildman–Crippen LogP) is 2.73. The quantitative estimate of drug-likeness (QED) is 0.367. The van der Waals surface area contributed by atoms with Crippen molar-refractivity contribution in [2.45, 2.75) is 0 Å². The van der Waals surface area contributed by atoms with Gasteiger partial charge >= 0.3 is 0 Å². The summed E-state index contributed by atoms with van der Waals surface area (Å²) < 4.78 is 10.7. The highest BCUT2D eigenvalue weighted by atomic mass is 16.7. The fraction of sp³-hybridized carbons (Fsp3) is 0.0435. The van der Waals surface area contributed by atoms with Crippen LogP contribution in [0.25, 0.3) is 6.08 Å². The third-order valence-electron chi connectivity index (χ3n) is 4.32. The maximum Gasteiger partial charge on any atom is 0.287 e. The third-order valence-corrected chi connectivity index (χ3v) is 4.32. The van der Waals surface area contributed by atoms with E-state index in [2.05, 4.69) is 20.8 Å². The first-order valence-electron chi connectivity index (χ1n) is 9.40. The summed E-state index contributed by atoms with van der Waals surface area (Å²) in [6.07, 6.45) is 6.26. The number of nitrogens with zero attached hydrogens (tertiary/aromatic N) is 2. The number of hydrazone groups is 1. The minimum Gasteiger partial charge on any atom is -0.454 e. The molecule has 31 heavy (non-hydrogen) atoms. The van der Waals surface area contributed by atoms with Crippen molar-refractivity contribution in [3.05, 3.63) is 95.4 Å². The molecule has 1 aliphatic rings. The minimum absolute atomic E-state index is 0.0274. The van der Waals surface area contributed by atoms with Gasteiger partial charge in [0.25, 0.3) is 11.8 Å². The van der Waals surface area contributed by atoms with Crippen LogP contribution in [0.5, 0.6) is 11.5 Å². The Hall–Kier alpha value is -4.46. The molecule has 0 bridgehead atoms. The summed E-state index contributed by atoms with van der Waals surface area (Å²) in [5, 5.41) is 6.60. The molecule has 0 spiro atoms. The highest BCUT2D eigenvalue weighted by molar-refractivity contribution is 6.05. The first-order valence-corrected chi connectivity index (χ1v) is 9.40. The predicted molar refractivity (Wildman–Crippen MR) is 114 cm³/mol. The van der Waals surface area contributed by atoms with Crippen molar-refractivity contribution in [3.8, 4) is 11.5 Å². The summed E-state index contributed by atoms with van der Waals surface area (Å²) in [5.41, 5.74) is 4.30. The van der Waals surface area contributed by atoms with Crippen molar-refractivity contribution < 1.29 is 19.1 Å². The number of benzene rings is 2. The Morgan fingerprint density at radius 2 is 1.71 bits per heavy atom. The van der Waals surface area contributed by atoms with Gasteiger partial charge in [-0.15, -0.1) is 0 Å². The van der Waals surface area contributed by atoms with Crippen LogP contribution in [0.2, 0.25) is 0 Å². The van der Waals surface area contributed by atoms with E-state index in [4.69, 9.17) is 9.47 Å². The molecule has 4 rings (SSSR count). The van der Waals surface area contributed by atoms with E-state index < -0.39 is 11.8 Å². The topological polar surface area (TPSA) is 102 Å². The van der Waals surface area contributed by atoms with Gasteiger partial charge in [-0.3, -0.25) is 14.6 Å². The van der Waals surface area contributed by atoms with Gasteiger partial charge in [0.1, 0.15) is 5.70 Å². The molecule has 2 aromatic carbocycles. The molecule has 0 saturated heterocycles. The fourth-order valence-corrected chi connectivity index (χ4v) is 2.79. The van der Waals surface area contributed by atoms with Crippen molar-refractivity contribution in [1.82, 2.24) is 15.7 Å². The second-order valence-corrected chi connectivity index (χ2v) is 6.47. The Balaban J connectivity index is 1.56. The molecule has 154 valence electrons. The lowest BCUT2D eigenvalue weighted by atomic mass is 10.1. The molecule has 2 heterocycles. The molecular weight excluding hydrogens is 396 g/mol. The minimum atomic E-state index is -0.577. The Morgan fingerprint density at radius 1 is 0.935 bits per heavy atom. The van der Waals surface area contributed by atoms with Crippen LogP contribution in [0.1, 0.15) is 21.5 Å². The summed E-state index contributed by atoms with van der Waals surface area (Å²) >= 11 is 0. The average Bonchev–Trinajstić information content (AvgIpc) is 3.28. The van der Waals surface area contributed by atoms with E-state index in [-0.39, 0.29) is 12.5 Å². The van der Waals surface area contributed by atoms with Crippen molar-refractivity contribution in [1.29, 1.82) is 0 Å². The van der Waals surface area contributed by atoms with Crippen LogP contribution in [0, 0.1) is 0 Å². The standard InChI is InChI=1S/C23H18N4O4/c28-22(18-4-2-1-3-5-18)26-19(12-17-6-7-20-21(13-17)31-15-30-20)23(29)27-25-14-16-8-10-24-11-9-16/h1-14H,15H2,(H,26,28)(H,27,29)/b19-12+,25-14+. The molecular formula is C23H18N4O4. The molecule has 2 N–H and O–H groups in total. The summed E-state index contributed by atoms with van der Waals surface area (Å²) in [6, 6.07) is 17.3. The van der Waals surface area contributed by atoms with Gasteiger partial charge in [-0.25, -0.2) is 5.43 Å². The van der Waals surface area contributed by atoms with Crippen LogP contribution in [-0.4, -0.2) is 29.8 Å². The number of pyridine rings is 1. The van der Waals surface area contributed by atoms with Gasteiger partial charge in [-0.05, 0) is 53.6 Å². The molecule has 8 nitrogen and oxygen atoms in total. The molecule has 0 saturated carbocycles. The number of rotatable bonds is 6. The second-order valence-electron chi connectivity index (χ2n) is 6.47. The second kappa shape index (κ2) is 9.36. The molecule has 0 fully saturated rings. The summed E-state index contributed by atoms with van der Waals surface area (Å²) in [6.45, 7) is 0.143. The molecule has 1 aliphatic heterocycles. The number of carbonyl (C=O) groups is 2. The van der Waals surface area contributed by atoms with Gasteiger partial charge in [0.15, 0.2) is 11.5 Å². The summed E-state index contributed by atoms with van der Waals surface area (Å²) in [5.74, 6) is 0.199. The van der Waals surface area contributed by atoms with Gasteiger partial charge in [-0.2, -0.15) is 5.10 Å². The number of ether oxygens (including phenoxy) is 2. The Bertz CT molecular complexity index is 1140. The SMILES string of the molecule is O=C(N/N=C/c1ccncc1)/C(=C\c1ccc2c(c1)OCO2)NC(=O)c1ccccc1. The van der Waals surface area contributed by atoms with Crippen molar-refractivity contribution in [2.75, 3.05) is 6.79 Å². The lowest BCUT2D eigenvalue weighted by Gasteiger charge is -2.09. The first-order chi connectivity index (χ1) is 15.2. The van der Waals surface area contributed by atoms with E-state index in [0.717, 1.165) is 5.56 Å². The van der Waals surface area contributed by atoms with E-state index in [1.807, 2.05) is 0 Å². The van der Waals surface area contributed by atoms with E-state index in [1.165, 1.54) is 6.21 Å². The van der Waals surface area contributed by atoms with Crippen LogP contribution in [0.4, 0.5) is 0 Å². The van der Waals surface area contributed by atoms with Gasteiger partial charge in [0, 0.05) is 18.0 Å². The summed E-state index contributed by atoms with van der Waals surface area (Å²) in [4.78, 5) is 29.3. The molecule has 3 aromatic rings. The van der Waals surface area contributed by atoms with E-state index in [1.54, 1.807) is 79.1 Å². The average molecular weight is 414 g/mol. The highest BCUT2D eigenvalue weighted by Crippen LogP contribution is 2.33. The molecule has 1 aromatic heterocycles. The monoisotopic (exact) mass is 414 g/mol. The smallest absolute Gasteiger partial charge is 0.287 e. The number of carbonyl (C=O) groups excluding carboxylic acids is 2. The molecule has 8 heteroatoms. The normalized spacial score (nSPS) is 12.6. The molecule has 0 atom stereocenters. The Morgan fingerprint density at radius 3 is 2.52 bits per heavy atom. The maximum absolute atomic E-state index is 12.8. The molecule has 0 radical (unpaired) electrons. The van der Waals surface area contributed by atoms with Crippen LogP contribution in [0.3, 0.4) is 0 Å². The van der Waals surface area contributed by atoms with Crippen LogP contribution < -0.4 is 20.2 Å². The number of amides is 2. The molecule has 0 aliphatic carbocycles. The van der Waals surface area contributed by atoms with E-state index in [0.29, 0.717) is 22.6 Å². The van der Waals surface area contributed by atoms with Crippen LogP contribution in [0.15, 0.2) is 83.9 Å². The van der Waals surface area contributed by atoms with Crippen molar-refractivity contribution in [2.24, 2.45) is 5.10 Å². The number of aromatic nitrogens is 1. The Kier molecular flexibility index (Phi) is 5.99. The van der Waals surface area contributed by atoms with Crippen molar-refractivity contribution >= 4 is 24.1 Å². The van der Waals surface area contributed by atoms with Gasteiger partial charge in [0.05, 0.1) is 6.21 Å². The zero-order chi connectivity index (χ0) is 21.5. The number of hydrogen-bond donors (Lipinski definition) is 2. The van der Waals surface area contributed by atoms with Gasteiger partial charge in [-0.1, -0.05) is 24.3 Å². The molecule has 2 amide bonds. The Labute approximate surface area is 178 Å². The van der Waals surface area contributed by atoms with Gasteiger partial charge in [0.2, 0.25) is 6.79 Å². The number of nitrogens with one attached hydrogen (secondary N) is 2. The van der Waals surface area contributed by atoms with E-state index >= 15 is 0 Å². The number of fused-ring (bicyclic) bond motifs is 1. The zero-order valence-corrected chi connectivity index (χ0v) is 16.3. The number of hydrogen-bond acceptors (Lipinski definition) is 6. The molecule has 0 unspecified atom stereocenters. The van der Waals surface area contributed by atoms with E-state index in [9.17, 15) is 9.59 Å². The van der Waals surface area contributed by atoms with Crippen LogP contribution >= 0.6 is 0 Å². The van der Waals surface area contributed by atoms with Crippen LogP contribution in [-0.2, 0) is 4.79 Å².